The zero-order valence-electron chi connectivity index (χ0n) is 14.7. The zero-order valence-corrected chi connectivity index (χ0v) is 16.3. The number of amides is 1. The first-order valence-electron chi connectivity index (χ1n) is 8.95. The molecule has 1 aromatic heterocycles. The molecule has 1 saturated heterocycles. The lowest BCUT2D eigenvalue weighted by Gasteiger charge is -2.31. The molecule has 0 radical (unpaired) electrons. The van der Waals surface area contributed by atoms with E-state index in [0.717, 1.165) is 31.1 Å². The van der Waals surface area contributed by atoms with Crippen LogP contribution in [-0.4, -0.2) is 35.7 Å². The van der Waals surface area contributed by atoms with Crippen molar-refractivity contribution in [3.8, 4) is 0 Å². The summed E-state index contributed by atoms with van der Waals surface area (Å²) in [4.78, 5) is 17.4. The lowest BCUT2D eigenvalue weighted by molar-refractivity contribution is -0.120. The number of hydrogen-bond donors (Lipinski definition) is 1. The van der Waals surface area contributed by atoms with Crippen LogP contribution in [0.5, 0.6) is 0 Å². The van der Waals surface area contributed by atoms with Crippen molar-refractivity contribution in [1.29, 1.82) is 0 Å². The topological polar surface area (TPSA) is 32.3 Å². The Morgan fingerprint density at radius 1 is 1.24 bits per heavy atom. The highest BCUT2D eigenvalue weighted by Crippen LogP contribution is 2.23. The second kappa shape index (κ2) is 9.41. The van der Waals surface area contributed by atoms with Gasteiger partial charge in [-0.2, -0.15) is 0 Å². The van der Waals surface area contributed by atoms with Crippen molar-refractivity contribution in [3.63, 3.8) is 0 Å². The lowest BCUT2D eigenvalue weighted by Crippen LogP contribution is -2.40. The van der Waals surface area contributed by atoms with Crippen molar-refractivity contribution in [1.82, 2.24) is 10.2 Å². The van der Waals surface area contributed by atoms with Gasteiger partial charge in [-0.3, -0.25) is 9.69 Å². The summed E-state index contributed by atoms with van der Waals surface area (Å²) < 4.78 is 0. The van der Waals surface area contributed by atoms with Gasteiger partial charge >= 0.3 is 0 Å². The molecule has 3 rings (SSSR count). The van der Waals surface area contributed by atoms with E-state index in [2.05, 4.69) is 39.9 Å². The number of piperidine rings is 1. The summed E-state index contributed by atoms with van der Waals surface area (Å²) in [6.07, 6.45) is 2.34. The van der Waals surface area contributed by atoms with Crippen LogP contribution in [0.4, 0.5) is 0 Å². The molecule has 3 nitrogen and oxygen atoms in total. The highest BCUT2D eigenvalue weighted by atomic mass is 32.2. The Morgan fingerprint density at radius 3 is 2.68 bits per heavy atom. The molecule has 0 saturated carbocycles. The molecule has 0 spiro atoms. The summed E-state index contributed by atoms with van der Waals surface area (Å²) in [5.41, 5.74) is 0. The van der Waals surface area contributed by atoms with Crippen LogP contribution in [0, 0.1) is 5.92 Å². The summed E-state index contributed by atoms with van der Waals surface area (Å²) in [7, 11) is 0. The number of carbonyl (C=O) groups excluding carboxylic acids is 1. The van der Waals surface area contributed by atoms with Crippen molar-refractivity contribution < 1.29 is 4.79 Å². The maximum atomic E-state index is 12.3. The smallest absolute Gasteiger partial charge is 0.233 e. The van der Waals surface area contributed by atoms with Crippen LogP contribution in [0.3, 0.4) is 0 Å². The summed E-state index contributed by atoms with van der Waals surface area (Å²) >= 11 is 3.46. The molecule has 2 aromatic rings. The minimum Gasteiger partial charge on any atom is -0.355 e. The second-order valence-corrected chi connectivity index (χ2v) is 9.06. The van der Waals surface area contributed by atoms with Crippen molar-refractivity contribution >= 4 is 29.0 Å². The average Bonchev–Trinajstić information content (AvgIpc) is 3.14. The first-order valence-corrected chi connectivity index (χ1v) is 10.7. The third kappa shape index (κ3) is 5.87. The molecule has 1 aromatic carbocycles. The maximum Gasteiger partial charge on any atom is 0.233 e. The molecule has 0 bridgehead atoms. The van der Waals surface area contributed by atoms with Crippen LogP contribution >= 0.6 is 23.1 Å². The maximum absolute atomic E-state index is 12.3. The van der Waals surface area contributed by atoms with E-state index < -0.39 is 0 Å². The predicted octanol–water partition coefficient (Wildman–Crippen LogP) is 4.26. The van der Waals surface area contributed by atoms with Gasteiger partial charge in [0.1, 0.15) is 0 Å². The lowest BCUT2D eigenvalue weighted by atomic mass is 9.96. The van der Waals surface area contributed by atoms with Gasteiger partial charge in [0.05, 0.1) is 5.25 Å². The Kier molecular flexibility index (Phi) is 6.96. The van der Waals surface area contributed by atoms with Crippen molar-refractivity contribution in [3.05, 3.63) is 52.7 Å². The summed E-state index contributed by atoms with van der Waals surface area (Å²) in [6.45, 7) is 6.13. The molecule has 5 heteroatoms. The molecule has 25 heavy (non-hydrogen) atoms. The van der Waals surface area contributed by atoms with E-state index in [9.17, 15) is 4.79 Å². The Labute approximate surface area is 158 Å². The zero-order chi connectivity index (χ0) is 17.5. The molecule has 1 atom stereocenters. The van der Waals surface area contributed by atoms with Crippen LogP contribution < -0.4 is 5.32 Å². The van der Waals surface area contributed by atoms with E-state index >= 15 is 0 Å². The van der Waals surface area contributed by atoms with E-state index in [0.29, 0.717) is 5.92 Å². The van der Waals surface area contributed by atoms with E-state index in [4.69, 9.17) is 0 Å². The monoisotopic (exact) mass is 374 g/mol. The van der Waals surface area contributed by atoms with E-state index in [1.807, 2.05) is 36.5 Å². The third-order valence-electron chi connectivity index (χ3n) is 4.66. The van der Waals surface area contributed by atoms with Crippen molar-refractivity contribution in [2.45, 2.75) is 36.5 Å². The molecule has 1 aliphatic rings. The normalized spacial score (nSPS) is 17.3. The summed E-state index contributed by atoms with van der Waals surface area (Å²) in [6, 6.07) is 14.5. The van der Waals surface area contributed by atoms with Gasteiger partial charge in [-0.1, -0.05) is 24.3 Å². The summed E-state index contributed by atoms with van der Waals surface area (Å²) in [5, 5.41) is 5.25. The minimum atomic E-state index is -0.0543. The number of hydrogen-bond acceptors (Lipinski definition) is 4. The first-order chi connectivity index (χ1) is 12.2. The van der Waals surface area contributed by atoms with E-state index in [1.54, 1.807) is 11.8 Å². The van der Waals surface area contributed by atoms with Gasteiger partial charge in [-0.05, 0) is 62.4 Å². The van der Waals surface area contributed by atoms with Gasteiger partial charge in [0, 0.05) is 22.9 Å². The van der Waals surface area contributed by atoms with Crippen LogP contribution in [0.25, 0.3) is 0 Å². The molecule has 1 fully saturated rings. The standard InChI is InChI=1S/C20H26N2OS2/c1-16(25-18-6-3-2-4-7-18)20(23)21-14-17-9-11-22(12-10-17)15-19-8-5-13-24-19/h2-8,13,16-17H,9-12,14-15H2,1H3,(H,21,23). The van der Waals surface area contributed by atoms with E-state index in [1.165, 1.54) is 17.7 Å². The number of thiophene rings is 1. The Balaban J connectivity index is 1.35. The number of thioether (sulfide) groups is 1. The third-order valence-corrected chi connectivity index (χ3v) is 6.63. The van der Waals surface area contributed by atoms with Gasteiger partial charge in [-0.15, -0.1) is 23.1 Å². The fourth-order valence-corrected chi connectivity index (χ4v) is 4.78. The van der Waals surface area contributed by atoms with Crippen LogP contribution in [0.2, 0.25) is 0 Å². The number of benzene rings is 1. The molecule has 2 heterocycles. The van der Waals surface area contributed by atoms with Gasteiger partial charge < -0.3 is 5.32 Å². The SMILES string of the molecule is CC(Sc1ccccc1)C(=O)NCC1CCN(Cc2cccs2)CC1. The van der Waals surface area contributed by atoms with Crippen LogP contribution in [0.15, 0.2) is 52.7 Å². The predicted molar refractivity (Wildman–Crippen MR) is 107 cm³/mol. The Morgan fingerprint density at radius 2 is 2.00 bits per heavy atom. The minimum absolute atomic E-state index is 0.0543. The first kappa shape index (κ1) is 18.5. The van der Waals surface area contributed by atoms with Crippen molar-refractivity contribution in [2.24, 2.45) is 5.92 Å². The number of carbonyl (C=O) groups is 1. The van der Waals surface area contributed by atoms with Gasteiger partial charge in [0.2, 0.25) is 5.91 Å². The fraction of sp³-hybridized carbons (Fsp3) is 0.450. The largest absolute Gasteiger partial charge is 0.355 e. The molecule has 1 unspecified atom stereocenters. The van der Waals surface area contributed by atoms with Gasteiger partial charge in [0.15, 0.2) is 0 Å². The molecule has 1 aliphatic heterocycles. The molecule has 134 valence electrons. The van der Waals surface area contributed by atoms with Crippen molar-refractivity contribution in [2.75, 3.05) is 19.6 Å². The Hall–Kier alpha value is -1.30. The quantitative estimate of drug-likeness (QED) is 0.735. The average molecular weight is 375 g/mol. The molecule has 0 aliphatic carbocycles. The number of nitrogens with zero attached hydrogens (tertiary/aromatic N) is 1. The van der Waals surface area contributed by atoms with Crippen LogP contribution in [-0.2, 0) is 11.3 Å². The fourth-order valence-electron chi connectivity index (χ4n) is 3.12. The van der Waals surface area contributed by atoms with Gasteiger partial charge in [-0.25, -0.2) is 0 Å². The highest BCUT2D eigenvalue weighted by Gasteiger charge is 2.21. The van der Waals surface area contributed by atoms with Crippen LogP contribution in [0.1, 0.15) is 24.6 Å². The van der Waals surface area contributed by atoms with Gasteiger partial charge in [0.25, 0.3) is 0 Å². The summed E-state index contributed by atoms with van der Waals surface area (Å²) in [5.74, 6) is 0.757. The molecule has 1 amide bonds. The Bertz CT molecular complexity index is 637. The highest BCUT2D eigenvalue weighted by molar-refractivity contribution is 8.00. The molecular weight excluding hydrogens is 348 g/mol. The second-order valence-electron chi connectivity index (χ2n) is 6.62. The molecule has 1 N–H and O–H groups in total. The number of likely N-dealkylation sites (tertiary alicyclic amines) is 1. The molecular formula is C20H26N2OS2. The van der Waals surface area contributed by atoms with E-state index in [-0.39, 0.29) is 11.2 Å². The number of rotatable bonds is 7. The number of nitrogens with one attached hydrogen (secondary N) is 1.